The smallest absolute Gasteiger partial charge is 0.328 e. The third-order valence-corrected chi connectivity index (χ3v) is 4.49. The van der Waals surface area contributed by atoms with E-state index in [-0.39, 0.29) is 16.5 Å². The molecule has 1 saturated carbocycles. The van der Waals surface area contributed by atoms with Crippen LogP contribution < -0.4 is 4.72 Å². The largest absolute Gasteiger partial charge is 0.478 e. The van der Waals surface area contributed by atoms with Gasteiger partial charge in [-0.2, -0.15) is 0 Å². The van der Waals surface area contributed by atoms with Crippen molar-refractivity contribution in [2.75, 3.05) is 4.72 Å². The second-order valence-electron chi connectivity index (χ2n) is 4.25. The van der Waals surface area contributed by atoms with E-state index in [0.29, 0.717) is 12.8 Å². The van der Waals surface area contributed by atoms with Crippen molar-refractivity contribution in [1.29, 1.82) is 0 Å². The number of carboxylic acids is 1. The van der Waals surface area contributed by atoms with Crippen LogP contribution in [0.3, 0.4) is 0 Å². The van der Waals surface area contributed by atoms with Crippen molar-refractivity contribution in [1.82, 2.24) is 0 Å². The molecule has 0 spiro atoms. The van der Waals surface area contributed by atoms with E-state index in [1.165, 1.54) is 12.1 Å². The first-order chi connectivity index (χ1) is 8.88. The van der Waals surface area contributed by atoms with Gasteiger partial charge in [-0.05, 0) is 37.1 Å². The van der Waals surface area contributed by atoms with Gasteiger partial charge >= 0.3 is 5.97 Å². The second kappa shape index (κ2) is 5.00. The third-order valence-electron chi connectivity index (χ3n) is 2.62. The number of aliphatic carboxylic acids is 1. The minimum atomic E-state index is -3.41. The lowest BCUT2D eigenvalue weighted by molar-refractivity contribution is -0.131. The number of sulfonamides is 1. The molecule has 0 aromatic heterocycles. The summed E-state index contributed by atoms with van der Waals surface area (Å²) in [6, 6.07) is 3.65. The third kappa shape index (κ3) is 3.54. The van der Waals surface area contributed by atoms with E-state index in [4.69, 9.17) is 5.11 Å². The van der Waals surface area contributed by atoms with E-state index in [1.54, 1.807) is 0 Å². The topological polar surface area (TPSA) is 83.5 Å². The van der Waals surface area contributed by atoms with Crippen molar-refractivity contribution in [3.05, 3.63) is 35.7 Å². The molecule has 1 aromatic carbocycles. The predicted molar refractivity (Wildman–Crippen MR) is 68.6 cm³/mol. The van der Waals surface area contributed by atoms with E-state index < -0.39 is 21.8 Å². The summed E-state index contributed by atoms with van der Waals surface area (Å²) in [4.78, 5) is 10.4. The van der Waals surface area contributed by atoms with Crippen LogP contribution in [0.4, 0.5) is 10.1 Å². The molecule has 1 aliphatic carbocycles. The molecule has 5 nitrogen and oxygen atoms in total. The Kier molecular flexibility index (Phi) is 3.57. The van der Waals surface area contributed by atoms with Crippen molar-refractivity contribution >= 4 is 27.8 Å². The number of rotatable bonds is 5. The zero-order chi connectivity index (χ0) is 14.0. The lowest BCUT2D eigenvalue weighted by atomic mass is 10.2. The molecule has 0 radical (unpaired) electrons. The number of anilines is 1. The highest BCUT2D eigenvalue weighted by atomic mass is 32.2. The summed E-state index contributed by atoms with van der Waals surface area (Å²) in [5, 5.41) is 8.10. The molecule has 0 atom stereocenters. The van der Waals surface area contributed by atoms with Gasteiger partial charge in [0.15, 0.2) is 0 Å². The summed E-state index contributed by atoms with van der Waals surface area (Å²) < 4.78 is 39.2. The second-order valence-corrected chi connectivity index (χ2v) is 6.22. The van der Waals surface area contributed by atoms with E-state index >= 15 is 0 Å². The summed E-state index contributed by atoms with van der Waals surface area (Å²) in [7, 11) is -3.41. The van der Waals surface area contributed by atoms with Gasteiger partial charge in [-0.15, -0.1) is 0 Å². The Morgan fingerprint density at radius 1 is 1.42 bits per heavy atom. The van der Waals surface area contributed by atoms with Crippen LogP contribution in [0.25, 0.3) is 6.08 Å². The minimum absolute atomic E-state index is 0.0124. The van der Waals surface area contributed by atoms with Crippen molar-refractivity contribution in [2.45, 2.75) is 18.1 Å². The predicted octanol–water partition coefficient (Wildman–Crippen LogP) is 1.83. The van der Waals surface area contributed by atoms with Gasteiger partial charge in [0.25, 0.3) is 0 Å². The number of carbonyl (C=O) groups is 1. The van der Waals surface area contributed by atoms with Crippen LogP contribution in [0.5, 0.6) is 0 Å². The highest BCUT2D eigenvalue weighted by Gasteiger charge is 2.35. The van der Waals surface area contributed by atoms with Crippen LogP contribution in [0.1, 0.15) is 18.4 Å². The van der Waals surface area contributed by atoms with Crippen molar-refractivity contribution < 1.29 is 22.7 Å². The zero-order valence-electron chi connectivity index (χ0n) is 9.84. The molecule has 0 saturated heterocycles. The molecule has 7 heteroatoms. The SMILES string of the molecule is O=C(O)/C=C/c1cc(NS(=O)(=O)C2CC2)ccc1F. The van der Waals surface area contributed by atoms with Crippen LogP contribution in [0.2, 0.25) is 0 Å². The summed E-state index contributed by atoms with van der Waals surface area (Å²) in [6.45, 7) is 0. The average molecular weight is 285 g/mol. The number of halogens is 1. The molecule has 2 N–H and O–H groups in total. The summed E-state index contributed by atoms with van der Waals surface area (Å²) in [5.41, 5.74) is 0.233. The van der Waals surface area contributed by atoms with Crippen LogP contribution in [0.15, 0.2) is 24.3 Å². The molecule has 1 aliphatic rings. The maximum Gasteiger partial charge on any atom is 0.328 e. The fraction of sp³-hybridized carbons (Fsp3) is 0.250. The number of benzene rings is 1. The summed E-state index contributed by atoms with van der Waals surface area (Å²) >= 11 is 0. The standard InChI is InChI=1S/C12H12FNO4S/c13-11-5-2-9(7-8(11)1-6-12(15)16)14-19(17,18)10-3-4-10/h1-2,5-7,10,14H,3-4H2,(H,15,16)/b6-1+. The molecule has 19 heavy (non-hydrogen) atoms. The monoisotopic (exact) mass is 285 g/mol. The Morgan fingerprint density at radius 3 is 2.68 bits per heavy atom. The van der Waals surface area contributed by atoms with Gasteiger partial charge in [0.2, 0.25) is 10.0 Å². The quantitative estimate of drug-likeness (QED) is 0.808. The Morgan fingerprint density at radius 2 is 2.11 bits per heavy atom. The van der Waals surface area contributed by atoms with Crippen molar-refractivity contribution in [3.8, 4) is 0 Å². The molecule has 2 rings (SSSR count). The van der Waals surface area contributed by atoms with Gasteiger partial charge in [-0.1, -0.05) is 0 Å². The summed E-state index contributed by atoms with van der Waals surface area (Å²) in [6.07, 6.45) is 3.12. The fourth-order valence-electron chi connectivity index (χ4n) is 1.52. The zero-order valence-corrected chi connectivity index (χ0v) is 10.7. The van der Waals surface area contributed by atoms with Crippen LogP contribution >= 0.6 is 0 Å². The van der Waals surface area contributed by atoms with Crippen LogP contribution in [0, 0.1) is 5.82 Å². The number of hydrogen-bond donors (Lipinski definition) is 2. The van der Waals surface area contributed by atoms with E-state index in [1.807, 2.05) is 0 Å². The first kappa shape index (κ1) is 13.5. The first-order valence-electron chi connectivity index (χ1n) is 5.61. The lowest BCUT2D eigenvalue weighted by Gasteiger charge is -2.08. The van der Waals surface area contributed by atoms with E-state index in [0.717, 1.165) is 18.2 Å². The Hall–Kier alpha value is -1.89. The van der Waals surface area contributed by atoms with E-state index in [9.17, 15) is 17.6 Å². The molecule has 0 unspecified atom stereocenters. The lowest BCUT2D eigenvalue weighted by Crippen LogP contribution is -2.17. The molecule has 0 aliphatic heterocycles. The van der Waals surface area contributed by atoms with Crippen molar-refractivity contribution in [3.63, 3.8) is 0 Å². The molecule has 102 valence electrons. The number of carboxylic acid groups (broad SMARTS) is 1. The molecule has 0 bridgehead atoms. The van der Waals surface area contributed by atoms with Gasteiger partial charge < -0.3 is 5.11 Å². The fourth-order valence-corrected chi connectivity index (χ4v) is 2.90. The summed E-state index contributed by atoms with van der Waals surface area (Å²) in [5.74, 6) is -1.82. The van der Waals surface area contributed by atoms with Crippen LogP contribution in [-0.2, 0) is 14.8 Å². The molecule has 1 fully saturated rings. The highest BCUT2D eigenvalue weighted by Crippen LogP contribution is 2.30. The maximum atomic E-state index is 13.4. The highest BCUT2D eigenvalue weighted by molar-refractivity contribution is 7.93. The molecule has 0 amide bonds. The van der Waals surface area contributed by atoms with Gasteiger partial charge in [0, 0.05) is 17.3 Å². The van der Waals surface area contributed by atoms with Gasteiger partial charge in [0.1, 0.15) is 5.82 Å². The molecule has 0 heterocycles. The van der Waals surface area contributed by atoms with Gasteiger partial charge in [0.05, 0.1) is 5.25 Å². The Balaban J connectivity index is 2.23. The van der Waals surface area contributed by atoms with Crippen LogP contribution in [-0.4, -0.2) is 24.7 Å². The average Bonchev–Trinajstić information content (AvgIpc) is 3.13. The maximum absolute atomic E-state index is 13.4. The normalized spacial score (nSPS) is 15.6. The minimum Gasteiger partial charge on any atom is -0.478 e. The number of nitrogens with one attached hydrogen (secondary N) is 1. The van der Waals surface area contributed by atoms with Gasteiger partial charge in [-0.3, -0.25) is 4.72 Å². The Labute approximate surface area is 109 Å². The van der Waals surface area contributed by atoms with Gasteiger partial charge in [-0.25, -0.2) is 17.6 Å². The Bertz CT molecular complexity index is 635. The molecule has 1 aromatic rings. The molecular formula is C12H12FNO4S. The van der Waals surface area contributed by atoms with Crippen molar-refractivity contribution in [2.24, 2.45) is 0 Å². The number of hydrogen-bond acceptors (Lipinski definition) is 3. The molecular weight excluding hydrogens is 273 g/mol. The first-order valence-corrected chi connectivity index (χ1v) is 7.15. The van der Waals surface area contributed by atoms with E-state index in [2.05, 4.69) is 4.72 Å².